The van der Waals surface area contributed by atoms with Crippen LogP contribution < -0.4 is 15.0 Å². The molecule has 0 spiro atoms. The molecular formula is C31H30N2O5. The molecule has 0 aromatic heterocycles. The van der Waals surface area contributed by atoms with E-state index in [1.165, 1.54) is 0 Å². The van der Waals surface area contributed by atoms with Crippen LogP contribution in [-0.4, -0.2) is 29.9 Å². The van der Waals surface area contributed by atoms with E-state index in [-0.39, 0.29) is 30.4 Å². The first-order chi connectivity index (χ1) is 18.4. The number of nitrogens with zero attached hydrogens (tertiary/aromatic N) is 1. The Kier molecular flexibility index (Phi) is 7.01. The number of methoxy groups -OCH3 is 1. The van der Waals surface area contributed by atoms with Gasteiger partial charge in [-0.25, -0.2) is 0 Å². The zero-order valence-electron chi connectivity index (χ0n) is 21.4. The Labute approximate surface area is 221 Å². The molecule has 7 nitrogen and oxygen atoms in total. The first-order valence-corrected chi connectivity index (χ1v) is 12.7. The smallest absolute Gasteiger partial charge is 0.303 e. The number of carbonyl (C=O) groups excluding carboxylic acids is 2. The van der Waals surface area contributed by atoms with Gasteiger partial charge in [0.15, 0.2) is 5.78 Å². The molecule has 1 aliphatic carbocycles. The van der Waals surface area contributed by atoms with Gasteiger partial charge in [0.25, 0.3) is 0 Å². The summed E-state index contributed by atoms with van der Waals surface area (Å²) in [6.45, 7) is 2.04. The lowest BCUT2D eigenvalue weighted by molar-refractivity contribution is -0.138. The van der Waals surface area contributed by atoms with E-state index in [4.69, 9.17) is 4.74 Å². The molecule has 5 rings (SSSR count). The molecule has 1 heterocycles. The summed E-state index contributed by atoms with van der Waals surface area (Å²) >= 11 is 0. The fraction of sp³-hybridized carbons (Fsp3) is 0.258. The van der Waals surface area contributed by atoms with Gasteiger partial charge < -0.3 is 15.2 Å². The lowest BCUT2D eigenvalue weighted by atomic mass is 9.78. The highest BCUT2D eigenvalue weighted by Crippen LogP contribution is 2.47. The molecule has 0 bridgehead atoms. The zero-order chi connectivity index (χ0) is 26.8. The molecule has 0 fully saturated rings. The van der Waals surface area contributed by atoms with E-state index in [0.717, 1.165) is 22.4 Å². The topological polar surface area (TPSA) is 95.9 Å². The number of para-hydroxylation sites is 2. The summed E-state index contributed by atoms with van der Waals surface area (Å²) in [6, 6.07) is 22.3. The van der Waals surface area contributed by atoms with Crippen LogP contribution in [0.2, 0.25) is 0 Å². The second-order valence-corrected chi connectivity index (χ2v) is 9.81. The third kappa shape index (κ3) is 4.92. The van der Waals surface area contributed by atoms with Crippen LogP contribution in [0.1, 0.15) is 54.3 Å². The Bertz CT molecular complexity index is 1410. The number of nitrogens with one attached hydrogen (secondary N) is 1. The summed E-state index contributed by atoms with van der Waals surface area (Å²) in [5, 5.41) is 12.8. The summed E-state index contributed by atoms with van der Waals surface area (Å²) in [4.78, 5) is 40.6. The Morgan fingerprint density at radius 2 is 1.63 bits per heavy atom. The lowest BCUT2D eigenvalue weighted by Gasteiger charge is -2.35. The number of aryl methyl sites for hydroxylation is 1. The monoisotopic (exact) mass is 510 g/mol. The van der Waals surface area contributed by atoms with Gasteiger partial charge in [-0.15, -0.1) is 0 Å². The van der Waals surface area contributed by atoms with Gasteiger partial charge in [0.1, 0.15) is 5.75 Å². The number of hydrogen-bond acceptors (Lipinski definition) is 5. The maximum absolute atomic E-state index is 14.0. The summed E-state index contributed by atoms with van der Waals surface area (Å²) in [5.41, 5.74) is 5.65. The van der Waals surface area contributed by atoms with Gasteiger partial charge in [0.2, 0.25) is 5.91 Å². The molecule has 194 valence electrons. The second-order valence-electron chi connectivity index (χ2n) is 9.81. The highest BCUT2D eigenvalue weighted by molar-refractivity contribution is 6.06. The highest BCUT2D eigenvalue weighted by atomic mass is 16.5. The molecule has 1 amide bonds. The zero-order valence-corrected chi connectivity index (χ0v) is 21.4. The molecule has 3 aromatic rings. The van der Waals surface area contributed by atoms with Gasteiger partial charge in [0, 0.05) is 24.1 Å². The van der Waals surface area contributed by atoms with E-state index in [1.54, 1.807) is 12.0 Å². The van der Waals surface area contributed by atoms with Crippen LogP contribution in [0.4, 0.5) is 11.4 Å². The van der Waals surface area contributed by atoms with Crippen molar-refractivity contribution in [2.24, 2.45) is 0 Å². The second kappa shape index (κ2) is 10.5. The maximum atomic E-state index is 14.0. The molecule has 2 aliphatic rings. The molecule has 0 saturated heterocycles. The number of ketones is 1. The fourth-order valence-corrected chi connectivity index (χ4v) is 5.38. The van der Waals surface area contributed by atoms with Crippen molar-refractivity contribution >= 4 is 29.0 Å². The highest BCUT2D eigenvalue weighted by Gasteiger charge is 2.41. The van der Waals surface area contributed by atoms with Crippen molar-refractivity contribution in [2.45, 2.75) is 44.6 Å². The average Bonchev–Trinajstić information content (AvgIpc) is 3.07. The van der Waals surface area contributed by atoms with Crippen LogP contribution in [0, 0.1) is 6.92 Å². The van der Waals surface area contributed by atoms with Crippen molar-refractivity contribution in [3.63, 3.8) is 0 Å². The Hall–Kier alpha value is -4.39. The Morgan fingerprint density at radius 3 is 2.32 bits per heavy atom. The third-order valence-electron chi connectivity index (χ3n) is 7.29. The van der Waals surface area contributed by atoms with E-state index in [1.807, 2.05) is 55.5 Å². The minimum atomic E-state index is -1.05. The standard InChI is InChI=1S/C31H30N2O5/c1-19-7-9-20(10-8-19)22-17-25-30(27(34)18-22)31(21-11-13-23(38-2)14-12-21)33(28(35)15-16-29(36)37)26-6-4-3-5-24(26)32-25/h3-14,22,31-32H,15-18H2,1-2H3,(H,36,37)/t22-,31+/m0/s1. The molecule has 0 saturated carbocycles. The first kappa shape index (κ1) is 25.3. The van der Waals surface area contributed by atoms with Crippen molar-refractivity contribution < 1.29 is 24.2 Å². The number of aliphatic carboxylic acids is 1. The molecular weight excluding hydrogens is 480 g/mol. The maximum Gasteiger partial charge on any atom is 0.303 e. The van der Waals surface area contributed by atoms with Crippen LogP contribution >= 0.6 is 0 Å². The number of allylic oxidation sites excluding steroid dienone is 1. The average molecular weight is 511 g/mol. The van der Waals surface area contributed by atoms with Gasteiger partial charge in [-0.1, -0.05) is 54.1 Å². The van der Waals surface area contributed by atoms with E-state index in [0.29, 0.717) is 35.5 Å². The largest absolute Gasteiger partial charge is 0.497 e. The minimum Gasteiger partial charge on any atom is -0.497 e. The van der Waals surface area contributed by atoms with Gasteiger partial charge in [0.05, 0.1) is 30.9 Å². The first-order valence-electron chi connectivity index (χ1n) is 12.7. The minimum absolute atomic E-state index is 0.00675. The third-order valence-corrected chi connectivity index (χ3v) is 7.29. The summed E-state index contributed by atoms with van der Waals surface area (Å²) < 4.78 is 5.34. The number of carbonyl (C=O) groups is 3. The van der Waals surface area contributed by atoms with Crippen LogP contribution in [-0.2, 0) is 14.4 Å². The summed E-state index contributed by atoms with van der Waals surface area (Å²) in [7, 11) is 1.58. The molecule has 1 aliphatic heterocycles. The number of Topliss-reactive ketones (excluding diaryl/α,β-unsaturated/α-hetero) is 1. The number of hydrogen-bond donors (Lipinski definition) is 2. The molecule has 2 atom stereocenters. The van der Waals surface area contributed by atoms with E-state index < -0.39 is 12.0 Å². The van der Waals surface area contributed by atoms with Crippen LogP contribution in [0.3, 0.4) is 0 Å². The number of fused-ring (bicyclic) bond motifs is 1. The molecule has 0 radical (unpaired) electrons. The molecule has 38 heavy (non-hydrogen) atoms. The molecule has 3 aromatic carbocycles. The number of ether oxygens (including phenoxy) is 1. The van der Waals surface area contributed by atoms with Crippen molar-refractivity contribution in [2.75, 3.05) is 17.3 Å². The van der Waals surface area contributed by atoms with Gasteiger partial charge in [-0.05, 0) is 54.7 Å². The van der Waals surface area contributed by atoms with Crippen LogP contribution in [0.25, 0.3) is 0 Å². The number of carboxylic acid groups (broad SMARTS) is 1. The van der Waals surface area contributed by atoms with Gasteiger partial charge >= 0.3 is 5.97 Å². The Balaban J connectivity index is 1.67. The summed E-state index contributed by atoms with van der Waals surface area (Å²) in [6.07, 6.45) is 0.459. The number of benzene rings is 3. The van der Waals surface area contributed by atoms with E-state index in [2.05, 4.69) is 29.6 Å². The van der Waals surface area contributed by atoms with Gasteiger partial charge in [-0.2, -0.15) is 0 Å². The Morgan fingerprint density at radius 1 is 0.947 bits per heavy atom. The van der Waals surface area contributed by atoms with Crippen LogP contribution in [0.5, 0.6) is 5.75 Å². The SMILES string of the molecule is COc1ccc([C@@H]2C3=C(C[C@H](c4ccc(C)cc4)CC3=O)Nc3ccccc3N2C(=O)CCC(=O)O)cc1. The number of carboxylic acids is 1. The predicted molar refractivity (Wildman–Crippen MR) is 145 cm³/mol. The molecule has 7 heteroatoms. The van der Waals surface area contributed by atoms with Gasteiger partial charge in [-0.3, -0.25) is 19.3 Å². The molecule has 2 N–H and O–H groups in total. The summed E-state index contributed by atoms with van der Waals surface area (Å²) in [5.74, 6) is -0.769. The number of rotatable bonds is 6. The lowest BCUT2D eigenvalue weighted by Crippen LogP contribution is -2.38. The van der Waals surface area contributed by atoms with Crippen molar-refractivity contribution in [1.82, 2.24) is 0 Å². The number of amides is 1. The fourth-order valence-electron chi connectivity index (χ4n) is 5.38. The quantitative estimate of drug-likeness (QED) is 0.437. The molecule has 0 unspecified atom stereocenters. The van der Waals surface area contributed by atoms with E-state index in [9.17, 15) is 19.5 Å². The van der Waals surface area contributed by atoms with Crippen molar-refractivity contribution in [1.29, 1.82) is 0 Å². The van der Waals surface area contributed by atoms with Crippen molar-refractivity contribution in [3.05, 3.63) is 101 Å². The predicted octanol–water partition coefficient (Wildman–Crippen LogP) is 5.77. The van der Waals surface area contributed by atoms with Crippen LogP contribution in [0.15, 0.2) is 84.1 Å². The normalized spacial score (nSPS) is 18.7. The van der Waals surface area contributed by atoms with Crippen molar-refractivity contribution in [3.8, 4) is 5.75 Å². The number of anilines is 2. The van der Waals surface area contributed by atoms with E-state index >= 15 is 0 Å².